The van der Waals surface area contributed by atoms with Gasteiger partial charge in [0, 0.05) is 0 Å². The Balaban J connectivity index is 0. The molecular weight excluding hydrogens is 207 g/mol. The fourth-order valence-corrected chi connectivity index (χ4v) is 1.84. The van der Waals surface area contributed by atoms with E-state index in [-0.39, 0.29) is 51.4 Å². The van der Waals surface area contributed by atoms with Crippen LogP contribution in [0.3, 0.4) is 0 Å². The van der Waals surface area contributed by atoms with Gasteiger partial charge in [0.05, 0.1) is 0 Å². The molecule has 0 amide bonds. The normalized spacial score (nSPS) is 10.0. The molecule has 0 nitrogen and oxygen atoms in total. The molecule has 0 aliphatic rings. The zero-order valence-electron chi connectivity index (χ0n) is 11.2. The van der Waals surface area contributed by atoms with Crippen LogP contribution >= 0.6 is 0 Å². The fourth-order valence-electron chi connectivity index (χ4n) is 1.84. The first-order valence-electron chi connectivity index (χ1n) is 6.71. The first kappa shape index (κ1) is 19.0. The van der Waals surface area contributed by atoms with Gasteiger partial charge >= 0.3 is 51.4 Å². The van der Waals surface area contributed by atoms with Crippen molar-refractivity contribution in [2.24, 2.45) is 0 Å². The van der Waals surface area contributed by atoms with Crippen molar-refractivity contribution >= 4 is 0 Å². The van der Waals surface area contributed by atoms with E-state index in [9.17, 15) is 0 Å². The van der Waals surface area contributed by atoms with Crippen LogP contribution in [0, 0.1) is 6.92 Å². The molecule has 15 heavy (non-hydrogen) atoms. The summed E-state index contributed by atoms with van der Waals surface area (Å²) in [5.74, 6) is 0. The molecule has 0 aromatic heterocycles. The molecule has 0 atom stereocenters. The Morgan fingerprint density at radius 3 is 1.27 bits per heavy atom. The third-order valence-electron chi connectivity index (χ3n) is 2.85. The van der Waals surface area contributed by atoms with Crippen LogP contribution in [0.25, 0.3) is 0 Å². The summed E-state index contributed by atoms with van der Waals surface area (Å²) in [5.41, 5.74) is 0. The van der Waals surface area contributed by atoms with E-state index >= 15 is 0 Å². The maximum absolute atomic E-state index is 3.86. The van der Waals surface area contributed by atoms with E-state index in [1.807, 2.05) is 0 Å². The molecule has 0 fully saturated rings. The molecular formula is C14H29K. The average Bonchev–Trinajstić information content (AvgIpc) is 2.21. The van der Waals surface area contributed by atoms with Crippen molar-refractivity contribution in [1.82, 2.24) is 0 Å². The van der Waals surface area contributed by atoms with Crippen LogP contribution in [0.1, 0.15) is 84.0 Å². The van der Waals surface area contributed by atoms with Crippen molar-refractivity contribution < 1.29 is 51.4 Å². The Hall–Kier alpha value is 1.64. The Morgan fingerprint density at radius 2 is 0.933 bits per heavy atom. The molecule has 0 rings (SSSR count). The van der Waals surface area contributed by atoms with Gasteiger partial charge in [0.2, 0.25) is 0 Å². The van der Waals surface area contributed by atoms with Crippen LogP contribution in [0.4, 0.5) is 0 Å². The summed E-state index contributed by atoms with van der Waals surface area (Å²) >= 11 is 0. The molecule has 0 aliphatic heterocycles. The second-order valence-electron chi connectivity index (χ2n) is 4.39. The molecule has 86 valence electrons. The van der Waals surface area contributed by atoms with Crippen LogP contribution in [-0.4, -0.2) is 0 Å². The summed E-state index contributed by atoms with van der Waals surface area (Å²) in [7, 11) is 0. The van der Waals surface area contributed by atoms with E-state index in [2.05, 4.69) is 13.8 Å². The smallest absolute Gasteiger partial charge is 0.343 e. The van der Waals surface area contributed by atoms with Crippen LogP contribution in [0.5, 0.6) is 0 Å². The van der Waals surface area contributed by atoms with Gasteiger partial charge in [0.25, 0.3) is 0 Å². The Morgan fingerprint density at radius 1 is 0.600 bits per heavy atom. The van der Waals surface area contributed by atoms with Gasteiger partial charge in [-0.3, -0.25) is 0 Å². The van der Waals surface area contributed by atoms with Gasteiger partial charge in [-0.1, -0.05) is 77.6 Å². The number of hydrogen-bond donors (Lipinski definition) is 0. The SMILES string of the molecule is [CH2-]CCCCCCCCCCCCC.[K+]. The largest absolute Gasteiger partial charge is 1.00 e. The quantitative estimate of drug-likeness (QED) is 0.294. The monoisotopic (exact) mass is 236 g/mol. The zero-order valence-corrected chi connectivity index (χ0v) is 14.3. The molecule has 0 saturated carbocycles. The second kappa shape index (κ2) is 18.0. The van der Waals surface area contributed by atoms with Crippen LogP contribution in [0.2, 0.25) is 0 Å². The molecule has 0 aliphatic carbocycles. The molecule has 0 spiro atoms. The van der Waals surface area contributed by atoms with Gasteiger partial charge in [-0.15, -0.1) is 0 Å². The Kier molecular flexibility index (Phi) is 22.8. The topological polar surface area (TPSA) is 0 Å². The third kappa shape index (κ3) is 18.2. The average molecular weight is 236 g/mol. The maximum atomic E-state index is 3.86. The van der Waals surface area contributed by atoms with Gasteiger partial charge in [0.15, 0.2) is 0 Å². The van der Waals surface area contributed by atoms with E-state index in [1.54, 1.807) is 0 Å². The first-order valence-corrected chi connectivity index (χ1v) is 6.71. The molecule has 0 aromatic rings. The number of hydrogen-bond acceptors (Lipinski definition) is 0. The van der Waals surface area contributed by atoms with E-state index < -0.39 is 0 Å². The van der Waals surface area contributed by atoms with Crippen LogP contribution in [-0.2, 0) is 0 Å². The van der Waals surface area contributed by atoms with Crippen molar-refractivity contribution in [1.29, 1.82) is 0 Å². The maximum Gasteiger partial charge on any atom is 1.00 e. The second-order valence-corrected chi connectivity index (χ2v) is 4.39. The van der Waals surface area contributed by atoms with E-state index in [0.29, 0.717) is 0 Å². The van der Waals surface area contributed by atoms with Crippen LogP contribution in [0.15, 0.2) is 0 Å². The molecule has 0 saturated heterocycles. The van der Waals surface area contributed by atoms with Gasteiger partial charge in [-0.25, -0.2) is 0 Å². The fraction of sp³-hybridized carbons (Fsp3) is 0.929. The minimum atomic E-state index is 0. The molecule has 1 heteroatoms. The van der Waals surface area contributed by atoms with Gasteiger partial charge in [-0.2, -0.15) is 6.42 Å². The molecule has 0 radical (unpaired) electrons. The van der Waals surface area contributed by atoms with Gasteiger partial charge in [-0.05, 0) is 0 Å². The molecule has 0 bridgehead atoms. The summed E-state index contributed by atoms with van der Waals surface area (Å²) in [6.07, 6.45) is 16.9. The number of rotatable bonds is 11. The van der Waals surface area contributed by atoms with E-state index in [1.165, 1.54) is 70.6 Å². The first-order chi connectivity index (χ1) is 6.91. The summed E-state index contributed by atoms with van der Waals surface area (Å²) in [6.45, 7) is 6.14. The van der Waals surface area contributed by atoms with Crippen molar-refractivity contribution in [2.75, 3.05) is 0 Å². The zero-order chi connectivity index (χ0) is 10.5. The van der Waals surface area contributed by atoms with Gasteiger partial charge < -0.3 is 6.92 Å². The summed E-state index contributed by atoms with van der Waals surface area (Å²) in [5, 5.41) is 0. The van der Waals surface area contributed by atoms with Crippen molar-refractivity contribution in [2.45, 2.75) is 84.0 Å². The standard InChI is InChI=1S/C14H29.K/c1-3-5-7-9-11-13-14-12-10-8-6-4-2;/h1,3-14H2,2H3;/q-1;+1. The minimum Gasteiger partial charge on any atom is -0.343 e. The van der Waals surface area contributed by atoms with E-state index in [0.717, 1.165) is 6.42 Å². The predicted molar refractivity (Wildman–Crippen MR) is 66.4 cm³/mol. The summed E-state index contributed by atoms with van der Waals surface area (Å²) in [4.78, 5) is 0. The van der Waals surface area contributed by atoms with Crippen molar-refractivity contribution in [3.63, 3.8) is 0 Å². The molecule has 0 N–H and O–H groups in total. The number of unbranched alkanes of at least 4 members (excludes halogenated alkanes) is 11. The van der Waals surface area contributed by atoms with Crippen LogP contribution < -0.4 is 51.4 Å². The summed E-state index contributed by atoms with van der Waals surface area (Å²) < 4.78 is 0. The molecule has 0 heterocycles. The van der Waals surface area contributed by atoms with Gasteiger partial charge in [0.1, 0.15) is 0 Å². The molecule has 0 aromatic carbocycles. The van der Waals surface area contributed by atoms with E-state index in [4.69, 9.17) is 0 Å². The third-order valence-corrected chi connectivity index (χ3v) is 2.85. The van der Waals surface area contributed by atoms with Crippen molar-refractivity contribution in [3.05, 3.63) is 6.92 Å². The van der Waals surface area contributed by atoms with Crippen molar-refractivity contribution in [3.8, 4) is 0 Å². The Labute approximate surface area is 140 Å². The molecule has 0 unspecified atom stereocenters. The minimum absolute atomic E-state index is 0. The summed E-state index contributed by atoms with van der Waals surface area (Å²) in [6, 6.07) is 0. The predicted octanol–water partition coefficient (Wildman–Crippen LogP) is 2.53. The Bertz CT molecular complexity index is 79.3.